The molecule has 6 aromatic heterocycles. The van der Waals surface area contributed by atoms with Crippen molar-refractivity contribution in [2.45, 2.75) is 57.0 Å². The molecule has 5 N–H and O–H groups in total. The molecule has 0 amide bonds. The highest BCUT2D eigenvalue weighted by Gasteiger charge is 2.29. The van der Waals surface area contributed by atoms with Crippen LogP contribution in [0.5, 0.6) is 0 Å². The van der Waals surface area contributed by atoms with E-state index in [4.69, 9.17) is 26.2 Å². The van der Waals surface area contributed by atoms with Crippen LogP contribution in [0.25, 0.3) is 33.5 Å². The molecule has 7 aromatic rings. The quantitative estimate of drug-likeness (QED) is 0.141. The molecular formula is C43H51N15O3. The van der Waals surface area contributed by atoms with Crippen LogP contribution in [0.4, 0.5) is 17.3 Å². The van der Waals surface area contributed by atoms with Crippen LogP contribution in [-0.4, -0.2) is 119 Å². The molecule has 0 aliphatic carbocycles. The molecule has 1 aromatic carbocycles. The first-order valence-corrected chi connectivity index (χ1v) is 20.9. The number of aromatic nitrogens is 10. The number of anilines is 3. The van der Waals surface area contributed by atoms with Crippen molar-refractivity contribution in [1.82, 2.24) is 59.0 Å². The van der Waals surface area contributed by atoms with E-state index in [0.29, 0.717) is 29.5 Å². The fraction of sp³-hybridized carbons (Fsp3) is 0.395. The van der Waals surface area contributed by atoms with Crippen molar-refractivity contribution in [1.29, 1.82) is 0 Å². The van der Waals surface area contributed by atoms with Crippen molar-refractivity contribution in [3.8, 4) is 22.3 Å². The van der Waals surface area contributed by atoms with Crippen molar-refractivity contribution in [2.24, 2.45) is 0 Å². The molecule has 9 rings (SSSR count). The number of benzene rings is 1. The molecule has 2 aliphatic rings. The third-order valence-electron chi connectivity index (χ3n) is 11.6. The molecule has 2 aliphatic heterocycles. The van der Waals surface area contributed by atoms with Crippen LogP contribution in [0, 0.1) is 0 Å². The average molecular weight is 826 g/mol. The van der Waals surface area contributed by atoms with Gasteiger partial charge in [0.15, 0.2) is 23.1 Å². The lowest BCUT2D eigenvalue weighted by Crippen LogP contribution is -2.34. The van der Waals surface area contributed by atoms with Crippen LogP contribution >= 0.6 is 0 Å². The number of nitrogens with one attached hydrogen (secondary N) is 1. The molecule has 61 heavy (non-hydrogen) atoms. The number of hydrogen-bond acceptors (Lipinski definition) is 14. The number of hydrogen-bond donors (Lipinski definition) is 3. The Labute approximate surface area is 352 Å². The molecule has 0 radical (unpaired) electrons. The normalized spacial score (nSPS) is 17.7. The third-order valence-corrected chi connectivity index (χ3v) is 11.6. The maximum absolute atomic E-state index is 13.6. The number of fused-ring (bicyclic) bond motifs is 2. The maximum Gasteiger partial charge on any atom is 0.335 e. The molecule has 2 fully saturated rings. The highest BCUT2D eigenvalue weighted by Crippen LogP contribution is 2.34. The molecule has 3 unspecified atom stereocenters. The Kier molecular flexibility index (Phi) is 10.9. The number of carbonyl (C=O) groups is 2. The predicted molar refractivity (Wildman–Crippen MR) is 231 cm³/mol. The van der Waals surface area contributed by atoms with Gasteiger partial charge in [-0.25, -0.2) is 14.8 Å². The van der Waals surface area contributed by atoms with Gasteiger partial charge in [-0.05, 0) is 70.9 Å². The van der Waals surface area contributed by atoms with Gasteiger partial charge in [0.25, 0.3) is 0 Å². The number of esters is 1. The number of nitrogens with zero attached hydrogens (tertiary/aromatic N) is 12. The second kappa shape index (κ2) is 16.8. The Morgan fingerprint density at radius 3 is 2.16 bits per heavy atom. The summed E-state index contributed by atoms with van der Waals surface area (Å²) in [6.45, 7) is 6.03. The molecular weight excluding hydrogens is 775 g/mol. The molecule has 3 atom stereocenters. The number of rotatable bonds is 13. The minimum atomic E-state index is -0.810. The molecule has 316 valence electrons. The Morgan fingerprint density at radius 2 is 1.51 bits per heavy atom. The number of ketones is 1. The fourth-order valence-corrected chi connectivity index (χ4v) is 8.67. The average Bonchev–Trinajstić information content (AvgIpc) is 4.09. The van der Waals surface area contributed by atoms with Gasteiger partial charge in [-0.2, -0.15) is 29.4 Å². The lowest BCUT2D eigenvalue weighted by molar-refractivity contribution is -0.146. The fourth-order valence-electron chi connectivity index (χ4n) is 8.67. The van der Waals surface area contributed by atoms with Crippen molar-refractivity contribution < 1.29 is 14.3 Å². The van der Waals surface area contributed by atoms with E-state index >= 15 is 0 Å². The topological polar surface area (TPSA) is 210 Å². The van der Waals surface area contributed by atoms with Gasteiger partial charge >= 0.3 is 5.97 Å². The van der Waals surface area contributed by atoms with Gasteiger partial charge in [0.2, 0.25) is 0 Å². The van der Waals surface area contributed by atoms with Gasteiger partial charge in [0.1, 0.15) is 18.2 Å². The summed E-state index contributed by atoms with van der Waals surface area (Å²) in [6.07, 6.45) is 14.7. The lowest BCUT2D eigenvalue weighted by Gasteiger charge is -2.34. The summed E-state index contributed by atoms with van der Waals surface area (Å²) in [5, 5.41) is 21.6. The molecule has 18 heteroatoms. The standard InChI is InChI=1S/C43H51N15O3/c1-4-61-43(60)40(56-24-31(19-48-56)35-21-50-57-38(44)15-36(51-42(35)57)28-7-5-13-46-17-28)27-9-11-32(12-10-27)54-14-6-8-29(22-54)37-16-39(45)58-41(52-37)34(20-49-58)30-18-47-55(23-30)26-33(59)25-53(2)3/h9-12,15-16,18-21,23-24,28-29,40,46H,4-8,13-14,17,22,25-26,44-45H2,1-3H3. The van der Waals surface area contributed by atoms with Crippen molar-refractivity contribution in [3.05, 3.63) is 90.5 Å². The zero-order valence-corrected chi connectivity index (χ0v) is 34.7. The zero-order valence-electron chi connectivity index (χ0n) is 34.7. The molecule has 18 nitrogen and oxygen atoms in total. The van der Waals surface area contributed by atoms with Crippen molar-refractivity contribution in [2.75, 3.05) is 69.8 Å². The number of piperidine rings is 2. The largest absolute Gasteiger partial charge is 0.464 e. The lowest BCUT2D eigenvalue weighted by atomic mass is 9.93. The summed E-state index contributed by atoms with van der Waals surface area (Å²) >= 11 is 0. The Morgan fingerprint density at radius 1 is 0.852 bits per heavy atom. The van der Waals surface area contributed by atoms with Crippen LogP contribution < -0.4 is 21.7 Å². The Hall–Kier alpha value is -6.66. The number of Topliss-reactive ketones (excluding diaryl/α,β-unsaturated/α-hetero) is 1. The maximum atomic E-state index is 13.6. The number of nitrogens with two attached hydrogens (primary N) is 2. The van der Waals surface area contributed by atoms with Crippen molar-refractivity contribution in [3.63, 3.8) is 0 Å². The van der Waals surface area contributed by atoms with E-state index in [1.54, 1.807) is 50.1 Å². The highest BCUT2D eigenvalue weighted by atomic mass is 16.5. The van der Waals surface area contributed by atoms with Crippen molar-refractivity contribution >= 4 is 40.4 Å². The van der Waals surface area contributed by atoms with Gasteiger partial charge < -0.3 is 31.3 Å². The molecule has 0 bridgehead atoms. The van der Waals surface area contributed by atoms with Crippen LogP contribution in [0.1, 0.15) is 67.4 Å². The first-order valence-electron chi connectivity index (χ1n) is 20.9. The monoisotopic (exact) mass is 825 g/mol. The van der Waals surface area contributed by atoms with Crippen LogP contribution in [0.3, 0.4) is 0 Å². The summed E-state index contributed by atoms with van der Waals surface area (Å²) in [5.74, 6) is 1.07. The van der Waals surface area contributed by atoms with Gasteiger partial charge in [0.05, 0.1) is 49.3 Å². The molecule has 2 saturated heterocycles. The smallest absolute Gasteiger partial charge is 0.335 e. The van der Waals surface area contributed by atoms with Crippen LogP contribution in [0.2, 0.25) is 0 Å². The summed E-state index contributed by atoms with van der Waals surface area (Å²) in [4.78, 5) is 40.4. The summed E-state index contributed by atoms with van der Waals surface area (Å²) in [7, 11) is 3.74. The molecule has 8 heterocycles. The van der Waals surface area contributed by atoms with E-state index in [2.05, 4.69) is 42.7 Å². The first kappa shape index (κ1) is 39.8. The first-order chi connectivity index (χ1) is 29.6. The van der Waals surface area contributed by atoms with E-state index in [1.165, 1.54) is 0 Å². The highest BCUT2D eigenvalue weighted by molar-refractivity contribution is 5.82. The predicted octanol–water partition coefficient (Wildman–Crippen LogP) is 3.80. The minimum Gasteiger partial charge on any atom is -0.464 e. The summed E-state index contributed by atoms with van der Waals surface area (Å²) in [5.41, 5.74) is 21.1. The van der Waals surface area contributed by atoms with Crippen LogP contribution in [0.15, 0.2) is 73.6 Å². The van der Waals surface area contributed by atoms with Crippen LogP contribution in [-0.2, 0) is 20.9 Å². The summed E-state index contributed by atoms with van der Waals surface area (Å²) in [6, 6.07) is 11.1. The second-order valence-electron chi connectivity index (χ2n) is 16.3. The van der Waals surface area contributed by atoms with Gasteiger partial charge in [-0.15, -0.1) is 0 Å². The van der Waals surface area contributed by atoms with Gasteiger partial charge in [0, 0.05) is 83.9 Å². The second-order valence-corrected chi connectivity index (χ2v) is 16.3. The minimum absolute atomic E-state index is 0.0668. The van der Waals surface area contributed by atoms with E-state index in [-0.39, 0.29) is 30.8 Å². The van der Waals surface area contributed by atoms with E-state index in [9.17, 15) is 9.59 Å². The Balaban J connectivity index is 0.941. The molecule has 0 spiro atoms. The number of ether oxygens (including phenoxy) is 1. The Bertz CT molecular complexity index is 2690. The van der Waals surface area contributed by atoms with E-state index < -0.39 is 12.0 Å². The number of nitrogen functional groups attached to an aromatic ring is 2. The molecule has 0 saturated carbocycles. The van der Waals surface area contributed by atoms with Gasteiger partial charge in [-0.1, -0.05) is 12.1 Å². The number of likely N-dealkylation sites (N-methyl/N-ethyl adjacent to an activating group) is 1. The van der Waals surface area contributed by atoms with E-state index in [0.717, 1.165) is 96.8 Å². The van der Waals surface area contributed by atoms with Gasteiger partial charge in [-0.3, -0.25) is 14.2 Å². The third kappa shape index (κ3) is 8.03. The van der Waals surface area contributed by atoms with E-state index in [1.807, 2.05) is 55.7 Å². The zero-order chi connectivity index (χ0) is 42.2. The summed E-state index contributed by atoms with van der Waals surface area (Å²) < 4.78 is 12.2. The number of carbonyl (C=O) groups excluding carboxylic acids is 2. The SMILES string of the molecule is CCOC(=O)C(c1ccc(N2CCCC(c3cc(N)n4ncc(-c5cnn(CC(=O)CN(C)C)c5)c4n3)C2)cc1)n1cc(-c2cnn3c(N)cc(C4CCCNC4)nc23)cn1.